The molecule has 1 atom stereocenters. The van der Waals surface area contributed by atoms with Crippen molar-refractivity contribution in [3.8, 4) is 0 Å². The number of H-pyrrole nitrogens is 1. The molecule has 0 aliphatic heterocycles. The fourth-order valence-corrected chi connectivity index (χ4v) is 3.11. The Kier molecular flexibility index (Phi) is 4.33. The van der Waals surface area contributed by atoms with E-state index >= 15 is 0 Å². The van der Waals surface area contributed by atoms with Gasteiger partial charge in [0.2, 0.25) is 5.78 Å². The minimum Gasteiger partial charge on any atom is -0.463 e. The highest BCUT2D eigenvalue weighted by Crippen LogP contribution is 2.07. The number of rotatable bonds is 7. The number of quaternary nitrogens is 1. The number of Topliss-reactive ketones (excluding diaryl/α,β-unsaturated/α-hetero) is 1. The second-order valence-corrected chi connectivity index (χ2v) is 5.98. The number of hydrogen-bond acceptors (Lipinski definition) is 3. The number of furan rings is 1. The van der Waals surface area contributed by atoms with E-state index in [2.05, 4.69) is 16.4 Å². The molecule has 0 aromatic carbocycles. The van der Waals surface area contributed by atoms with Gasteiger partial charge in [-0.3, -0.25) is 4.79 Å². The normalized spacial score (nSPS) is 12.4. The smallest absolute Gasteiger partial charge is 0.232 e. The highest BCUT2D eigenvalue weighted by molar-refractivity contribution is 7.09. The maximum Gasteiger partial charge on any atom is 0.232 e. The number of aromatic amines is 1. The molecule has 0 spiro atoms. The standard InChI is InChI=1S/C16H16N2O2S/c19-16(15-6-1-7-17-15)12-18(10-13-4-2-8-20-13)11-14-5-3-9-21-14/h1-9,17H,10-12H2/p+1. The zero-order valence-corrected chi connectivity index (χ0v) is 12.4. The molecule has 3 aromatic rings. The van der Waals surface area contributed by atoms with Crippen molar-refractivity contribution in [2.24, 2.45) is 0 Å². The summed E-state index contributed by atoms with van der Waals surface area (Å²) in [6.07, 6.45) is 3.45. The quantitative estimate of drug-likeness (QED) is 0.657. The third kappa shape index (κ3) is 3.71. The molecule has 0 fully saturated rings. The fourth-order valence-electron chi connectivity index (χ4n) is 2.33. The van der Waals surface area contributed by atoms with Gasteiger partial charge in [0, 0.05) is 6.20 Å². The van der Waals surface area contributed by atoms with Crippen LogP contribution in [0.5, 0.6) is 0 Å². The van der Waals surface area contributed by atoms with Crippen molar-refractivity contribution in [2.45, 2.75) is 13.1 Å². The Morgan fingerprint density at radius 2 is 2.14 bits per heavy atom. The molecule has 3 rings (SSSR count). The average Bonchev–Trinajstić information content (AvgIpc) is 3.22. The number of ketones is 1. The van der Waals surface area contributed by atoms with Gasteiger partial charge in [-0.2, -0.15) is 0 Å². The van der Waals surface area contributed by atoms with E-state index < -0.39 is 0 Å². The van der Waals surface area contributed by atoms with Crippen molar-refractivity contribution >= 4 is 17.1 Å². The van der Waals surface area contributed by atoms with Crippen molar-refractivity contribution in [3.05, 3.63) is 70.6 Å². The average molecular weight is 301 g/mol. The molecule has 3 heterocycles. The third-order valence-electron chi connectivity index (χ3n) is 3.32. The summed E-state index contributed by atoms with van der Waals surface area (Å²) < 4.78 is 5.42. The van der Waals surface area contributed by atoms with Crippen LogP contribution in [-0.4, -0.2) is 17.3 Å². The van der Waals surface area contributed by atoms with Gasteiger partial charge in [0.05, 0.1) is 16.8 Å². The second-order valence-electron chi connectivity index (χ2n) is 4.95. The Morgan fingerprint density at radius 1 is 1.19 bits per heavy atom. The zero-order chi connectivity index (χ0) is 14.5. The first-order valence-corrected chi connectivity index (χ1v) is 7.74. The SMILES string of the molecule is O=C(C[NH+](Cc1ccco1)Cc1cccs1)c1ccc[nH]1. The molecule has 0 amide bonds. The van der Waals surface area contributed by atoms with Crippen LogP contribution in [0.1, 0.15) is 21.1 Å². The monoisotopic (exact) mass is 301 g/mol. The molecule has 0 aliphatic carbocycles. The summed E-state index contributed by atoms with van der Waals surface area (Å²) >= 11 is 1.72. The van der Waals surface area contributed by atoms with Crippen LogP contribution < -0.4 is 4.90 Å². The van der Waals surface area contributed by atoms with E-state index in [0.29, 0.717) is 18.8 Å². The number of nitrogens with one attached hydrogen (secondary N) is 2. The first-order chi connectivity index (χ1) is 10.3. The summed E-state index contributed by atoms with van der Waals surface area (Å²) in [5.74, 6) is 1.03. The maximum absolute atomic E-state index is 12.3. The maximum atomic E-state index is 12.3. The second kappa shape index (κ2) is 6.56. The summed E-state index contributed by atoms with van der Waals surface area (Å²) in [7, 11) is 0. The summed E-state index contributed by atoms with van der Waals surface area (Å²) in [6, 6.07) is 11.6. The van der Waals surface area contributed by atoms with E-state index in [9.17, 15) is 4.79 Å². The van der Waals surface area contributed by atoms with Gasteiger partial charge < -0.3 is 14.3 Å². The Hall–Kier alpha value is -2.11. The van der Waals surface area contributed by atoms with E-state index in [1.807, 2.05) is 30.3 Å². The Balaban J connectivity index is 1.70. The molecule has 0 radical (unpaired) electrons. The van der Waals surface area contributed by atoms with Gasteiger partial charge in [-0.15, -0.1) is 11.3 Å². The molecule has 3 aromatic heterocycles. The van der Waals surface area contributed by atoms with Gasteiger partial charge >= 0.3 is 0 Å². The van der Waals surface area contributed by atoms with E-state index in [1.165, 1.54) is 9.78 Å². The topological polar surface area (TPSA) is 50.4 Å². The molecule has 1 unspecified atom stereocenters. The minimum absolute atomic E-state index is 0.123. The third-order valence-corrected chi connectivity index (χ3v) is 4.19. The van der Waals surface area contributed by atoms with Gasteiger partial charge in [-0.1, -0.05) is 6.07 Å². The lowest BCUT2D eigenvalue weighted by Crippen LogP contribution is -3.10. The lowest BCUT2D eigenvalue weighted by molar-refractivity contribution is -0.919. The largest absolute Gasteiger partial charge is 0.463 e. The number of thiophene rings is 1. The van der Waals surface area contributed by atoms with Crippen LogP contribution in [0.3, 0.4) is 0 Å². The molecule has 0 bridgehead atoms. The van der Waals surface area contributed by atoms with Crippen molar-refractivity contribution in [1.82, 2.24) is 4.98 Å². The van der Waals surface area contributed by atoms with Crippen LogP contribution in [0, 0.1) is 0 Å². The predicted molar refractivity (Wildman–Crippen MR) is 81.4 cm³/mol. The van der Waals surface area contributed by atoms with Crippen molar-refractivity contribution in [2.75, 3.05) is 6.54 Å². The Morgan fingerprint density at radius 3 is 2.81 bits per heavy atom. The van der Waals surface area contributed by atoms with E-state index in [1.54, 1.807) is 23.8 Å². The number of aromatic nitrogens is 1. The van der Waals surface area contributed by atoms with Crippen LogP contribution in [0.15, 0.2) is 58.7 Å². The summed E-state index contributed by atoms with van der Waals surface area (Å²) in [5.41, 5.74) is 0.665. The number of hydrogen-bond donors (Lipinski definition) is 2. The summed E-state index contributed by atoms with van der Waals surface area (Å²) in [5, 5.41) is 2.06. The van der Waals surface area contributed by atoms with E-state index in [0.717, 1.165) is 12.3 Å². The van der Waals surface area contributed by atoms with Gasteiger partial charge in [0.25, 0.3) is 0 Å². The zero-order valence-electron chi connectivity index (χ0n) is 11.5. The van der Waals surface area contributed by atoms with Crippen molar-refractivity contribution in [3.63, 3.8) is 0 Å². The van der Waals surface area contributed by atoms with Gasteiger partial charge in [-0.05, 0) is 35.7 Å². The molecule has 2 N–H and O–H groups in total. The number of carbonyl (C=O) groups excluding carboxylic acids is 1. The summed E-state index contributed by atoms with van der Waals surface area (Å²) in [6.45, 7) is 1.97. The first kappa shape index (κ1) is 13.9. The highest BCUT2D eigenvalue weighted by atomic mass is 32.1. The molecule has 108 valence electrons. The van der Waals surface area contributed by atoms with Crippen LogP contribution in [-0.2, 0) is 13.1 Å². The predicted octanol–water partition coefficient (Wildman–Crippen LogP) is 2.14. The van der Waals surface area contributed by atoms with Crippen molar-refractivity contribution < 1.29 is 14.1 Å². The molecular weight excluding hydrogens is 284 g/mol. The molecular formula is C16H17N2O2S+. The molecule has 21 heavy (non-hydrogen) atoms. The molecule has 5 heteroatoms. The summed E-state index contributed by atoms with van der Waals surface area (Å²) in [4.78, 5) is 17.7. The van der Waals surface area contributed by atoms with Crippen LogP contribution in [0.25, 0.3) is 0 Å². The van der Waals surface area contributed by atoms with Gasteiger partial charge in [-0.25, -0.2) is 0 Å². The van der Waals surface area contributed by atoms with Crippen molar-refractivity contribution in [1.29, 1.82) is 0 Å². The molecule has 0 aliphatic rings. The minimum atomic E-state index is 0.123. The van der Waals surface area contributed by atoms with E-state index in [-0.39, 0.29) is 5.78 Å². The van der Waals surface area contributed by atoms with Crippen LogP contribution in [0.2, 0.25) is 0 Å². The molecule has 4 nitrogen and oxygen atoms in total. The molecule has 0 saturated carbocycles. The van der Waals surface area contributed by atoms with Gasteiger partial charge in [0.1, 0.15) is 19.6 Å². The van der Waals surface area contributed by atoms with Gasteiger partial charge in [0.15, 0.2) is 5.76 Å². The number of carbonyl (C=O) groups is 1. The Labute approximate surface area is 127 Å². The van der Waals surface area contributed by atoms with Crippen LogP contribution in [0.4, 0.5) is 0 Å². The lowest BCUT2D eigenvalue weighted by atomic mass is 10.2. The highest BCUT2D eigenvalue weighted by Gasteiger charge is 2.19. The first-order valence-electron chi connectivity index (χ1n) is 6.86. The molecule has 0 saturated heterocycles. The Bertz CT molecular complexity index is 621. The van der Waals surface area contributed by atoms with E-state index in [4.69, 9.17) is 4.42 Å². The fraction of sp³-hybridized carbons (Fsp3) is 0.188. The van der Waals surface area contributed by atoms with Crippen LogP contribution >= 0.6 is 11.3 Å². The lowest BCUT2D eigenvalue weighted by Gasteiger charge is -2.16.